The summed E-state index contributed by atoms with van der Waals surface area (Å²) in [6.45, 7) is 0. The fraction of sp³-hybridized carbons (Fsp3) is 0. The van der Waals surface area contributed by atoms with Crippen molar-refractivity contribution in [3.05, 3.63) is 45.2 Å². The number of nitrogens with two attached hydrogens (primary N) is 1. The van der Waals surface area contributed by atoms with Crippen LogP contribution in [0, 0.1) is 0 Å². The topological polar surface area (TPSA) is 71.8 Å². The molecule has 0 amide bonds. The zero-order valence-corrected chi connectivity index (χ0v) is 9.28. The Hall–Kier alpha value is -1.62. The van der Waals surface area contributed by atoms with Crippen molar-refractivity contribution in [3.63, 3.8) is 0 Å². The quantitative estimate of drug-likeness (QED) is 0.826. The van der Waals surface area contributed by atoms with Gasteiger partial charge in [-0.1, -0.05) is 28.1 Å². The average molecular weight is 266 g/mol. The summed E-state index contributed by atoms with van der Waals surface area (Å²) in [6.07, 6.45) is 0. The largest absolute Gasteiger partial charge is 0.383 e. The van der Waals surface area contributed by atoms with Crippen LogP contribution >= 0.6 is 15.9 Å². The molecule has 1 aromatic heterocycles. The Labute approximate surface area is 94.3 Å². The van der Waals surface area contributed by atoms with Crippen LogP contribution in [0.3, 0.4) is 0 Å². The molecule has 0 radical (unpaired) electrons. The number of hydrogen-bond acceptors (Lipinski definition) is 3. The van der Waals surface area contributed by atoms with Crippen LogP contribution in [0.1, 0.15) is 0 Å². The molecule has 0 unspecified atom stereocenters. The van der Waals surface area contributed by atoms with E-state index in [0.717, 1.165) is 10.0 Å². The second-order valence-electron chi connectivity index (χ2n) is 3.03. The second kappa shape index (κ2) is 3.86. The number of aromatic amines is 1. The van der Waals surface area contributed by atoms with Crippen molar-refractivity contribution in [1.82, 2.24) is 9.97 Å². The number of benzene rings is 1. The van der Waals surface area contributed by atoms with Crippen molar-refractivity contribution < 1.29 is 0 Å². The predicted molar refractivity (Wildman–Crippen MR) is 62.4 cm³/mol. The molecule has 4 nitrogen and oxygen atoms in total. The summed E-state index contributed by atoms with van der Waals surface area (Å²) in [5.41, 5.74) is 6.05. The van der Waals surface area contributed by atoms with E-state index < -0.39 is 0 Å². The lowest BCUT2D eigenvalue weighted by Crippen LogP contribution is -2.09. The number of aromatic nitrogens is 2. The van der Waals surface area contributed by atoms with Gasteiger partial charge in [0.1, 0.15) is 11.6 Å². The number of H-pyrrole nitrogens is 1. The highest BCUT2D eigenvalue weighted by Gasteiger charge is 2.02. The molecule has 0 atom stereocenters. The van der Waals surface area contributed by atoms with Gasteiger partial charge >= 0.3 is 0 Å². The Bertz CT molecular complexity index is 550. The maximum Gasteiger partial charge on any atom is 0.253 e. The Balaban J connectivity index is 2.59. The van der Waals surface area contributed by atoms with Crippen molar-refractivity contribution >= 4 is 21.7 Å². The molecule has 1 aromatic carbocycles. The van der Waals surface area contributed by atoms with Crippen molar-refractivity contribution in [3.8, 4) is 11.4 Å². The highest BCUT2D eigenvalue weighted by molar-refractivity contribution is 9.10. The zero-order valence-electron chi connectivity index (χ0n) is 7.70. The summed E-state index contributed by atoms with van der Waals surface area (Å²) < 4.78 is 0.921. The highest BCUT2D eigenvalue weighted by Crippen LogP contribution is 2.19. The monoisotopic (exact) mass is 265 g/mol. The van der Waals surface area contributed by atoms with E-state index in [1.165, 1.54) is 6.07 Å². The fourth-order valence-electron chi connectivity index (χ4n) is 1.25. The lowest BCUT2D eigenvalue weighted by atomic mass is 10.2. The minimum absolute atomic E-state index is 0.216. The van der Waals surface area contributed by atoms with Gasteiger partial charge in [-0.15, -0.1) is 0 Å². The Morgan fingerprint density at radius 1 is 1.33 bits per heavy atom. The molecule has 2 rings (SSSR count). The lowest BCUT2D eigenvalue weighted by Gasteiger charge is -2.01. The van der Waals surface area contributed by atoms with Crippen LogP contribution in [-0.4, -0.2) is 9.97 Å². The van der Waals surface area contributed by atoms with Crippen LogP contribution in [0.5, 0.6) is 0 Å². The fourth-order valence-corrected chi connectivity index (χ4v) is 1.65. The van der Waals surface area contributed by atoms with E-state index in [0.29, 0.717) is 5.82 Å². The van der Waals surface area contributed by atoms with Crippen molar-refractivity contribution in [1.29, 1.82) is 0 Å². The van der Waals surface area contributed by atoms with E-state index in [1.807, 2.05) is 24.3 Å². The first-order valence-electron chi connectivity index (χ1n) is 4.28. The SMILES string of the molecule is Nc1cc(=O)[nH]c(-c2cccc(Br)c2)n1. The molecule has 0 bridgehead atoms. The predicted octanol–water partition coefficient (Wildman–Crippen LogP) is 1.78. The normalized spacial score (nSPS) is 10.2. The number of anilines is 1. The molecule has 0 aliphatic heterocycles. The maximum absolute atomic E-state index is 11.2. The first kappa shape index (κ1) is 9.92. The summed E-state index contributed by atoms with van der Waals surface area (Å²) in [4.78, 5) is 17.9. The van der Waals surface area contributed by atoms with Crippen LogP contribution in [0.4, 0.5) is 5.82 Å². The number of rotatable bonds is 1. The molecule has 0 aliphatic carbocycles. The Kier molecular flexibility index (Phi) is 2.55. The molecular formula is C10H8BrN3O. The van der Waals surface area contributed by atoms with E-state index in [1.54, 1.807) is 0 Å². The smallest absolute Gasteiger partial charge is 0.253 e. The van der Waals surface area contributed by atoms with Gasteiger partial charge in [0.2, 0.25) is 0 Å². The van der Waals surface area contributed by atoms with Crippen molar-refractivity contribution in [2.24, 2.45) is 0 Å². The number of nitrogens with one attached hydrogen (secondary N) is 1. The van der Waals surface area contributed by atoms with E-state index in [4.69, 9.17) is 5.73 Å². The number of halogens is 1. The van der Waals surface area contributed by atoms with E-state index in [9.17, 15) is 4.79 Å². The van der Waals surface area contributed by atoms with Gasteiger partial charge in [-0.05, 0) is 12.1 Å². The van der Waals surface area contributed by atoms with Gasteiger partial charge in [-0.2, -0.15) is 0 Å². The van der Waals surface area contributed by atoms with E-state index >= 15 is 0 Å². The standard InChI is InChI=1S/C10H8BrN3O/c11-7-3-1-2-6(4-7)10-13-8(12)5-9(15)14-10/h1-5H,(H3,12,13,14,15). The summed E-state index contributed by atoms with van der Waals surface area (Å²) in [6, 6.07) is 8.72. The molecule has 1 heterocycles. The van der Waals surface area contributed by atoms with Crippen LogP contribution in [0.15, 0.2) is 39.6 Å². The van der Waals surface area contributed by atoms with E-state index in [-0.39, 0.29) is 11.4 Å². The average Bonchev–Trinajstić information content (AvgIpc) is 2.16. The molecule has 0 spiro atoms. The van der Waals surface area contributed by atoms with Crippen LogP contribution in [0.2, 0.25) is 0 Å². The Morgan fingerprint density at radius 2 is 2.13 bits per heavy atom. The van der Waals surface area contributed by atoms with Gasteiger partial charge in [-0.25, -0.2) is 4.98 Å². The third-order valence-corrected chi connectivity index (χ3v) is 2.35. The first-order valence-corrected chi connectivity index (χ1v) is 5.07. The molecule has 3 N–H and O–H groups in total. The third-order valence-electron chi connectivity index (χ3n) is 1.86. The minimum Gasteiger partial charge on any atom is -0.383 e. The number of nitrogens with zero attached hydrogens (tertiary/aromatic N) is 1. The first-order chi connectivity index (χ1) is 7.15. The highest BCUT2D eigenvalue weighted by atomic mass is 79.9. The van der Waals surface area contributed by atoms with Gasteiger partial charge in [0.15, 0.2) is 0 Å². The summed E-state index contributed by atoms with van der Waals surface area (Å²) in [5, 5.41) is 0. The van der Waals surface area contributed by atoms with Gasteiger partial charge in [0.25, 0.3) is 5.56 Å². The Morgan fingerprint density at radius 3 is 2.80 bits per heavy atom. The van der Waals surface area contributed by atoms with Crippen LogP contribution in [-0.2, 0) is 0 Å². The van der Waals surface area contributed by atoms with Crippen LogP contribution in [0.25, 0.3) is 11.4 Å². The summed E-state index contributed by atoms with van der Waals surface area (Å²) in [7, 11) is 0. The van der Waals surface area contributed by atoms with E-state index in [2.05, 4.69) is 25.9 Å². The zero-order chi connectivity index (χ0) is 10.8. The van der Waals surface area contributed by atoms with Crippen LogP contribution < -0.4 is 11.3 Å². The molecule has 76 valence electrons. The molecule has 2 aromatic rings. The molecular weight excluding hydrogens is 258 g/mol. The summed E-state index contributed by atoms with van der Waals surface area (Å²) >= 11 is 3.35. The number of hydrogen-bond donors (Lipinski definition) is 2. The van der Waals surface area contributed by atoms with Crippen molar-refractivity contribution in [2.45, 2.75) is 0 Å². The van der Waals surface area contributed by atoms with Gasteiger partial charge in [-0.3, -0.25) is 4.79 Å². The number of nitrogen functional groups attached to an aromatic ring is 1. The molecule has 0 saturated heterocycles. The molecule has 0 saturated carbocycles. The third kappa shape index (κ3) is 2.24. The summed E-state index contributed by atoms with van der Waals surface area (Å²) in [5.74, 6) is 0.690. The van der Waals surface area contributed by atoms with Gasteiger partial charge in [0.05, 0.1) is 0 Å². The molecule has 0 fully saturated rings. The molecule has 0 aliphatic rings. The molecule has 5 heteroatoms. The second-order valence-corrected chi connectivity index (χ2v) is 3.94. The minimum atomic E-state index is -0.252. The lowest BCUT2D eigenvalue weighted by molar-refractivity contribution is 1.14. The van der Waals surface area contributed by atoms with Gasteiger partial charge in [0, 0.05) is 16.1 Å². The van der Waals surface area contributed by atoms with Crippen molar-refractivity contribution in [2.75, 3.05) is 5.73 Å². The molecule has 15 heavy (non-hydrogen) atoms. The van der Waals surface area contributed by atoms with Gasteiger partial charge < -0.3 is 10.7 Å². The maximum atomic E-state index is 11.2.